The molecule has 0 amide bonds. The van der Waals surface area contributed by atoms with Gasteiger partial charge in [-0.3, -0.25) is 4.79 Å². The van der Waals surface area contributed by atoms with E-state index in [1.807, 2.05) is 12.3 Å². The molecule has 1 aliphatic heterocycles. The van der Waals surface area contributed by atoms with E-state index in [0.29, 0.717) is 11.8 Å². The van der Waals surface area contributed by atoms with Crippen LogP contribution >= 0.6 is 0 Å². The Balaban J connectivity index is 1.87. The van der Waals surface area contributed by atoms with Crippen molar-refractivity contribution < 1.29 is 0 Å². The van der Waals surface area contributed by atoms with Crippen molar-refractivity contribution in [2.75, 3.05) is 26.2 Å². The van der Waals surface area contributed by atoms with E-state index in [1.165, 1.54) is 12.8 Å². The maximum Gasteiger partial charge on any atom is 0.250 e. The molecule has 2 atom stereocenters. The molecule has 0 radical (unpaired) electrons. The van der Waals surface area contributed by atoms with Crippen LogP contribution in [0.1, 0.15) is 19.8 Å². The highest BCUT2D eigenvalue weighted by Crippen LogP contribution is 2.25. The number of rotatable bonds is 5. The van der Waals surface area contributed by atoms with Crippen molar-refractivity contribution in [3.63, 3.8) is 0 Å². The third-order valence-corrected chi connectivity index (χ3v) is 4.36. The fourth-order valence-electron chi connectivity index (χ4n) is 3.03. The van der Waals surface area contributed by atoms with Crippen LogP contribution in [0.3, 0.4) is 0 Å². The first kappa shape index (κ1) is 14.3. The largest absolute Gasteiger partial charge is 0.330 e. The molecule has 0 saturated carbocycles. The van der Waals surface area contributed by atoms with E-state index in [0.717, 1.165) is 32.7 Å². The summed E-state index contributed by atoms with van der Waals surface area (Å²) in [5.41, 5.74) is 5.92. The zero-order valence-corrected chi connectivity index (χ0v) is 11.8. The van der Waals surface area contributed by atoms with Crippen LogP contribution in [0, 0.1) is 11.8 Å². The topological polar surface area (TPSA) is 51.3 Å². The van der Waals surface area contributed by atoms with Crippen molar-refractivity contribution in [3.05, 3.63) is 34.7 Å². The van der Waals surface area contributed by atoms with Gasteiger partial charge in [0.15, 0.2) is 0 Å². The first-order chi connectivity index (χ1) is 9.24. The Bertz CT molecular complexity index is 443. The van der Waals surface area contributed by atoms with E-state index >= 15 is 0 Å². The van der Waals surface area contributed by atoms with E-state index in [1.54, 1.807) is 16.7 Å². The van der Waals surface area contributed by atoms with Gasteiger partial charge < -0.3 is 15.2 Å². The molecule has 4 nitrogen and oxygen atoms in total. The second kappa shape index (κ2) is 6.87. The average molecular weight is 263 g/mol. The minimum Gasteiger partial charge on any atom is -0.330 e. The number of nitrogens with two attached hydrogens (primary N) is 1. The summed E-state index contributed by atoms with van der Waals surface area (Å²) in [7, 11) is 0. The molecule has 0 spiro atoms. The molecule has 2 unspecified atom stereocenters. The van der Waals surface area contributed by atoms with E-state index in [9.17, 15) is 4.79 Å². The fraction of sp³-hybridized carbons (Fsp3) is 0.667. The summed E-state index contributed by atoms with van der Waals surface area (Å²) in [6.07, 6.45) is 4.26. The molecule has 2 N–H and O–H groups in total. The molecule has 1 fully saturated rings. The van der Waals surface area contributed by atoms with E-state index in [2.05, 4.69) is 11.8 Å². The number of pyridine rings is 1. The third-order valence-electron chi connectivity index (χ3n) is 4.36. The third kappa shape index (κ3) is 3.67. The Labute approximate surface area is 115 Å². The van der Waals surface area contributed by atoms with Crippen molar-refractivity contribution in [2.45, 2.75) is 26.3 Å². The van der Waals surface area contributed by atoms with Crippen molar-refractivity contribution in [1.82, 2.24) is 9.47 Å². The highest BCUT2D eigenvalue weighted by molar-refractivity contribution is 4.93. The minimum atomic E-state index is 0.0892. The summed E-state index contributed by atoms with van der Waals surface area (Å²) in [6, 6.07) is 5.32. The number of piperidine rings is 1. The molecule has 19 heavy (non-hydrogen) atoms. The van der Waals surface area contributed by atoms with Crippen molar-refractivity contribution in [3.8, 4) is 0 Å². The highest BCUT2D eigenvalue weighted by atomic mass is 16.1. The number of aromatic nitrogens is 1. The zero-order chi connectivity index (χ0) is 13.7. The molecule has 0 bridgehead atoms. The van der Waals surface area contributed by atoms with Gasteiger partial charge in [-0.1, -0.05) is 19.4 Å². The lowest BCUT2D eigenvalue weighted by molar-refractivity contribution is 0.116. The van der Waals surface area contributed by atoms with Gasteiger partial charge in [0.25, 0.3) is 5.56 Å². The Kier molecular flexibility index (Phi) is 5.16. The van der Waals surface area contributed by atoms with E-state index in [-0.39, 0.29) is 5.56 Å². The van der Waals surface area contributed by atoms with Gasteiger partial charge in [0, 0.05) is 31.9 Å². The average Bonchev–Trinajstić information content (AvgIpc) is 2.46. The monoisotopic (exact) mass is 263 g/mol. The normalized spacial score (nSPS) is 24.5. The molecule has 1 aromatic heterocycles. The maximum absolute atomic E-state index is 11.6. The van der Waals surface area contributed by atoms with Crippen LogP contribution < -0.4 is 11.3 Å². The van der Waals surface area contributed by atoms with Gasteiger partial charge in [-0.15, -0.1) is 0 Å². The van der Waals surface area contributed by atoms with Crippen LogP contribution in [-0.4, -0.2) is 35.6 Å². The molecule has 1 aromatic rings. The molecular formula is C15H25N3O. The molecular weight excluding hydrogens is 238 g/mol. The summed E-state index contributed by atoms with van der Waals surface area (Å²) in [5.74, 6) is 1.40. The van der Waals surface area contributed by atoms with Crippen molar-refractivity contribution >= 4 is 0 Å². The maximum atomic E-state index is 11.6. The zero-order valence-electron chi connectivity index (χ0n) is 11.8. The van der Waals surface area contributed by atoms with Gasteiger partial charge in [-0.2, -0.15) is 0 Å². The van der Waals surface area contributed by atoms with Crippen LogP contribution in [0.4, 0.5) is 0 Å². The van der Waals surface area contributed by atoms with Crippen LogP contribution in [-0.2, 0) is 6.54 Å². The standard InChI is InChI=1S/C15H25N3O/c1-2-13-12-17(8-6-14(13)11-16)9-10-18-7-4-3-5-15(18)19/h3-5,7,13-14H,2,6,8-12,16H2,1H3. The van der Waals surface area contributed by atoms with Gasteiger partial charge in [-0.25, -0.2) is 0 Å². The summed E-state index contributed by atoms with van der Waals surface area (Å²) < 4.78 is 1.79. The van der Waals surface area contributed by atoms with E-state index in [4.69, 9.17) is 5.73 Å². The predicted octanol–water partition coefficient (Wildman–Crippen LogP) is 1.16. The second-order valence-electron chi connectivity index (χ2n) is 5.49. The lowest BCUT2D eigenvalue weighted by Crippen LogP contribution is -2.44. The SMILES string of the molecule is CCC1CN(CCn2ccccc2=O)CCC1CN. The van der Waals surface area contributed by atoms with E-state index < -0.39 is 0 Å². The van der Waals surface area contributed by atoms with Gasteiger partial charge >= 0.3 is 0 Å². The van der Waals surface area contributed by atoms with Gasteiger partial charge in [0.05, 0.1) is 0 Å². The lowest BCUT2D eigenvalue weighted by atomic mass is 9.84. The van der Waals surface area contributed by atoms with Crippen LogP contribution in [0.15, 0.2) is 29.2 Å². The second-order valence-corrected chi connectivity index (χ2v) is 5.49. The molecule has 1 aliphatic rings. The molecule has 0 aromatic carbocycles. The van der Waals surface area contributed by atoms with Crippen LogP contribution in [0.2, 0.25) is 0 Å². The highest BCUT2D eigenvalue weighted by Gasteiger charge is 2.26. The smallest absolute Gasteiger partial charge is 0.250 e. The summed E-state index contributed by atoms with van der Waals surface area (Å²) in [5, 5.41) is 0. The quantitative estimate of drug-likeness (QED) is 0.867. The van der Waals surface area contributed by atoms with Crippen molar-refractivity contribution in [1.29, 1.82) is 0 Å². The number of nitrogens with zero attached hydrogens (tertiary/aromatic N) is 2. The van der Waals surface area contributed by atoms with Gasteiger partial charge in [0.2, 0.25) is 0 Å². The summed E-state index contributed by atoms with van der Waals surface area (Å²) in [6.45, 7) is 7.03. The van der Waals surface area contributed by atoms with Crippen LogP contribution in [0.25, 0.3) is 0 Å². The molecule has 1 saturated heterocycles. The minimum absolute atomic E-state index is 0.0892. The Morgan fingerprint density at radius 1 is 1.32 bits per heavy atom. The molecule has 0 aliphatic carbocycles. The first-order valence-electron chi connectivity index (χ1n) is 7.32. The molecule has 106 valence electrons. The van der Waals surface area contributed by atoms with Gasteiger partial charge in [0.1, 0.15) is 0 Å². The van der Waals surface area contributed by atoms with Crippen LogP contribution in [0.5, 0.6) is 0 Å². The molecule has 2 heterocycles. The molecule has 4 heteroatoms. The molecule has 2 rings (SSSR count). The lowest BCUT2D eigenvalue weighted by Gasteiger charge is -2.37. The summed E-state index contributed by atoms with van der Waals surface area (Å²) in [4.78, 5) is 14.1. The predicted molar refractivity (Wildman–Crippen MR) is 78.1 cm³/mol. The van der Waals surface area contributed by atoms with Gasteiger partial charge in [-0.05, 0) is 37.4 Å². The Morgan fingerprint density at radius 2 is 2.16 bits per heavy atom. The summed E-state index contributed by atoms with van der Waals surface area (Å²) >= 11 is 0. The Morgan fingerprint density at radius 3 is 2.84 bits per heavy atom. The van der Waals surface area contributed by atoms with Crippen molar-refractivity contribution in [2.24, 2.45) is 17.6 Å². The number of hydrogen-bond donors (Lipinski definition) is 1. The number of likely N-dealkylation sites (tertiary alicyclic amines) is 1. The number of hydrogen-bond acceptors (Lipinski definition) is 3. The first-order valence-corrected chi connectivity index (χ1v) is 7.32. The Hall–Kier alpha value is -1.13. The fourth-order valence-corrected chi connectivity index (χ4v) is 3.03.